The Morgan fingerprint density at radius 2 is 1.80 bits per heavy atom. The highest BCUT2D eigenvalue weighted by molar-refractivity contribution is 7.89. The molecule has 0 aliphatic heterocycles. The number of nitrogens with one attached hydrogen (secondary N) is 2. The van der Waals surface area contributed by atoms with Gasteiger partial charge in [-0.3, -0.25) is 4.79 Å². The van der Waals surface area contributed by atoms with Gasteiger partial charge in [0.05, 0.1) is 15.1 Å². The molecule has 0 radical (unpaired) electrons. The minimum Gasteiger partial charge on any atom is -0.504 e. The molecule has 0 aliphatic rings. The van der Waals surface area contributed by atoms with E-state index in [2.05, 4.69) is 15.0 Å². The zero-order valence-corrected chi connectivity index (χ0v) is 18.3. The normalized spacial score (nSPS) is 13.8. The van der Waals surface area contributed by atoms with Crippen LogP contribution < -0.4 is 10.0 Å². The van der Waals surface area contributed by atoms with Gasteiger partial charge in [-0.15, -0.1) is 0 Å². The van der Waals surface area contributed by atoms with Crippen molar-refractivity contribution in [2.24, 2.45) is 5.92 Å². The molecule has 2 aromatic carbocycles. The molecular formula is C20H23N3O5S2. The molecular weight excluding hydrogens is 426 g/mol. The molecule has 0 fully saturated rings. The first-order chi connectivity index (χ1) is 14.1. The number of carbonyl (C=O) groups excluding carboxylic acids is 1. The predicted octanol–water partition coefficient (Wildman–Crippen LogP) is 3.35. The summed E-state index contributed by atoms with van der Waals surface area (Å²) in [5.41, 5.74) is 1.34. The molecule has 4 N–H and O–H groups in total. The van der Waals surface area contributed by atoms with E-state index >= 15 is 0 Å². The van der Waals surface area contributed by atoms with Crippen molar-refractivity contribution in [3.63, 3.8) is 0 Å². The van der Waals surface area contributed by atoms with Crippen LogP contribution in [0.1, 0.15) is 25.8 Å². The maximum Gasteiger partial charge on any atom is 0.244 e. The lowest BCUT2D eigenvalue weighted by molar-refractivity contribution is -0.118. The van der Waals surface area contributed by atoms with Crippen LogP contribution in [-0.2, 0) is 14.8 Å². The highest BCUT2D eigenvalue weighted by atomic mass is 32.2. The summed E-state index contributed by atoms with van der Waals surface area (Å²) in [6, 6.07) is 8.02. The minimum absolute atomic E-state index is 0.0835. The summed E-state index contributed by atoms with van der Waals surface area (Å²) in [6.45, 7) is 5.52. The Morgan fingerprint density at radius 1 is 1.17 bits per heavy atom. The molecule has 0 saturated carbocycles. The van der Waals surface area contributed by atoms with E-state index in [-0.39, 0.29) is 27.4 Å². The molecule has 1 amide bonds. The first kappa shape index (κ1) is 22.0. The van der Waals surface area contributed by atoms with Crippen molar-refractivity contribution in [3.8, 4) is 11.5 Å². The first-order valence-electron chi connectivity index (χ1n) is 9.33. The number of sulfonamides is 1. The fourth-order valence-electron chi connectivity index (χ4n) is 2.81. The van der Waals surface area contributed by atoms with Gasteiger partial charge >= 0.3 is 0 Å². The van der Waals surface area contributed by atoms with Gasteiger partial charge in [0.25, 0.3) is 0 Å². The zero-order chi connectivity index (χ0) is 22.1. The van der Waals surface area contributed by atoms with Crippen molar-refractivity contribution in [3.05, 3.63) is 42.0 Å². The van der Waals surface area contributed by atoms with Crippen molar-refractivity contribution in [2.45, 2.75) is 38.1 Å². The Morgan fingerprint density at radius 3 is 2.43 bits per heavy atom. The van der Waals surface area contributed by atoms with Gasteiger partial charge in [-0.1, -0.05) is 49.3 Å². The van der Waals surface area contributed by atoms with E-state index in [0.717, 1.165) is 16.9 Å². The number of phenols is 2. The number of rotatable bonds is 7. The second-order valence-corrected chi connectivity index (χ2v) is 9.86. The number of amides is 1. The number of phenolic OH excluding ortho intramolecular Hbond substituents is 2. The maximum atomic E-state index is 12.9. The number of benzene rings is 2. The molecule has 10 heteroatoms. The van der Waals surface area contributed by atoms with Crippen molar-refractivity contribution in [2.75, 3.05) is 5.32 Å². The highest BCUT2D eigenvalue weighted by Gasteiger charge is 2.30. The number of thiazole rings is 1. The molecule has 160 valence electrons. The highest BCUT2D eigenvalue weighted by Crippen LogP contribution is 2.34. The summed E-state index contributed by atoms with van der Waals surface area (Å²) in [7, 11) is -3.90. The quantitative estimate of drug-likeness (QED) is 0.410. The lowest BCUT2D eigenvalue weighted by Gasteiger charge is -2.23. The van der Waals surface area contributed by atoms with Gasteiger partial charge in [-0.25, -0.2) is 13.4 Å². The number of aromatic hydroxyl groups is 2. The Balaban J connectivity index is 1.84. The number of nitrogens with zero attached hydrogens (tertiary/aromatic N) is 1. The van der Waals surface area contributed by atoms with Crippen molar-refractivity contribution >= 4 is 42.6 Å². The first-order valence-corrected chi connectivity index (χ1v) is 11.6. The Bertz CT molecular complexity index is 1130. The van der Waals surface area contributed by atoms with Crippen LogP contribution in [0.3, 0.4) is 0 Å². The van der Waals surface area contributed by atoms with Gasteiger partial charge in [0, 0.05) is 12.1 Å². The summed E-state index contributed by atoms with van der Waals surface area (Å²) >= 11 is 1.11. The van der Waals surface area contributed by atoms with E-state index in [1.54, 1.807) is 19.1 Å². The number of hydrogen-bond donors (Lipinski definition) is 4. The largest absolute Gasteiger partial charge is 0.504 e. The average Bonchev–Trinajstić information content (AvgIpc) is 3.07. The van der Waals surface area contributed by atoms with Crippen LogP contribution >= 0.6 is 11.3 Å². The predicted molar refractivity (Wildman–Crippen MR) is 116 cm³/mol. The molecule has 30 heavy (non-hydrogen) atoms. The van der Waals surface area contributed by atoms with E-state index in [0.29, 0.717) is 16.6 Å². The molecule has 1 heterocycles. The van der Waals surface area contributed by atoms with E-state index in [1.807, 2.05) is 13.8 Å². The molecule has 0 aliphatic carbocycles. The van der Waals surface area contributed by atoms with E-state index in [1.165, 1.54) is 24.3 Å². The SMILES string of the molecule is CC[C@H](C)[C@H](NS(=O)(=O)c1ccc(C)cc1)C(=O)Nc1nc2cc(O)c(O)cc2s1. The lowest BCUT2D eigenvalue weighted by atomic mass is 9.99. The number of hydrogen-bond acceptors (Lipinski definition) is 7. The number of aromatic nitrogens is 1. The van der Waals surface area contributed by atoms with Gasteiger partial charge in [-0.2, -0.15) is 4.72 Å². The summed E-state index contributed by atoms with van der Waals surface area (Å²) in [5.74, 6) is -1.40. The fourth-order valence-corrected chi connectivity index (χ4v) is 4.99. The monoisotopic (exact) mass is 449 g/mol. The third-order valence-corrected chi connectivity index (χ3v) is 7.21. The Kier molecular flexibility index (Phi) is 6.30. The molecule has 0 saturated heterocycles. The average molecular weight is 450 g/mol. The molecule has 0 bridgehead atoms. The molecule has 3 aromatic rings. The molecule has 0 spiro atoms. The Labute approximate surface area is 178 Å². The second kappa shape index (κ2) is 8.58. The summed E-state index contributed by atoms with van der Waals surface area (Å²) in [6.07, 6.45) is 0.579. The standard InChI is InChI=1S/C20H23N3O5S2/c1-4-12(3)18(23-30(27,28)13-7-5-11(2)6-8-13)19(26)22-20-21-14-9-15(24)16(25)10-17(14)29-20/h5-10,12,18,23-25H,4H2,1-3H3,(H,21,22,26)/t12-,18-/m0/s1. The second-order valence-electron chi connectivity index (χ2n) is 7.11. The van der Waals surface area contributed by atoms with Crippen LogP contribution in [0.2, 0.25) is 0 Å². The van der Waals surface area contributed by atoms with Crippen LogP contribution in [-0.4, -0.2) is 35.6 Å². The maximum absolute atomic E-state index is 12.9. The van der Waals surface area contributed by atoms with Crippen LogP contribution in [0.5, 0.6) is 11.5 Å². The van der Waals surface area contributed by atoms with Gasteiger partial charge in [0.2, 0.25) is 15.9 Å². The number of anilines is 1. The zero-order valence-electron chi connectivity index (χ0n) is 16.7. The molecule has 1 aromatic heterocycles. The van der Waals surface area contributed by atoms with E-state index < -0.39 is 22.0 Å². The summed E-state index contributed by atoms with van der Waals surface area (Å²) in [4.78, 5) is 17.2. The minimum atomic E-state index is -3.90. The number of fused-ring (bicyclic) bond motifs is 1. The number of carbonyl (C=O) groups is 1. The number of aryl methyl sites for hydroxylation is 1. The molecule has 8 nitrogen and oxygen atoms in total. The van der Waals surface area contributed by atoms with Crippen molar-refractivity contribution < 1.29 is 23.4 Å². The van der Waals surface area contributed by atoms with Crippen LogP contribution in [0, 0.1) is 12.8 Å². The summed E-state index contributed by atoms with van der Waals surface area (Å²) < 4.78 is 28.7. The van der Waals surface area contributed by atoms with Gasteiger partial charge in [0.1, 0.15) is 6.04 Å². The van der Waals surface area contributed by atoms with Gasteiger partial charge in [0.15, 0.2) is 16.6 Å². The van der Waals surface area contributed by atoms with Crippen LogP contribution in [0.15, 0.2) is 41.3 Å². The lowest BCUT2D eigenvalue weighted by Crippen LogP contribution is -2.47. The molecule has 3 rings (SSSR count). The molecule has 0 unspecified atom stereocenters. The van der Waals surface area contributed by atoms with Crippen LogP contribution in [0.25, 0.3) is 10.2 Å². The Hall–Kier alpha value is -2.69. The summed E-state index contributed by atoms with van der Waals surface area (Å²) in [5, 5.41) is 22.1. The van der Waals surface area contributed by atoms with E-state index in [4.69, 9.17) is 0 Å². The van der Waals surface area contributed by atoms with Crippen molar-refractivity contribution in [1.29, 1.82) is 0 Å². The molecule has 2 atom stereocenters. The third kappa shape index (κ3) is 4.72. The van der Waals surface area contributed by atoms with Gasteiger partial charge < -0.3 is 15.5 Å². The van der Waals surface area contributed by atoms with Crippen LogP contribution in [0.4, 0.5) is 5.13 Å². The smallest absolute Gasteiger partial charge is 0.244 e. The third-order valence-electron chi connectivity index (χ3n) is 4.82. The van der Waals surface area contributed by atoms with Gasteiger partial charge in [-0.05, 0) is 25.0 Å². The topological polar surface area (TPSA) is 129 Å². The fraction of sp³-hybridized carbons (Fsp3) is 0.300. The van der Waals surface area contributed by atoms with Crippen molar-refractivity contribution in [1.82, 2.24) is 9.71 Å². The van der Waals surface area contributed by atoms with E-state index in [9.17, 15) is 23.4 Å².